The van der Waals surface area contributed by atoms with Gasteiger partial charge in [-0.1, -0.05) is 36.4 Å². The fraction of sp³-hybridized carbons (Fsp3) is 0.333. The zero-order chi connectivity index (χ0) is 15.1. The summed E-state index contributed by atoms with van der Waals surface area (Å²) in [5, 5.41) is 3.56. The summed E-state index contributed by atoms with van der Waals surface area (Å²) < 4.78 is 10.4. The van der Waals surface area contributed by atoms with Crippen LogP contribution in [0.4, 0.5) is 0 Å². The van der Waals surface area contributed by atoms with Gasteiger partial charge in [0.2, 0.25) is 0 Å². The SMILES string of the molecule is COCc1ccccc1CNC(C)c1ccc(OC)cc1. The zero-order valence-electron chi connectivity index (χ0n) is 12.9. The van der Waals surface area contributed by atoms with Gasteiger partial charge < -0.3 is 14.8 Å². The average Bonchev–Trinajstić information content (AvgIpc) is 2.54. The molecule has 2 rings (SSSR count). The molecule has 0 saturated carbocycles. The highest BCUT2D eigenvalue weighted by molar-refractivity contribution is 5.30. The Balaban J connectivity index is 1.98. The third-order valence-corrected chi connectivity index (χ3v) is 3.63. The van der Waals surface area contributed by atoms with Gasteiger partial charge in [-0.3, -0.25) is 0 Å². The van der Waals surface area contributed by atoms with Gasteiger partial charge in [-0.25, -0.2) is 0 Å². The van der Waals surface area contributed by atoms with Crippen LogP contribution >= 0.6 is 0 Å². The summed E-state index contributed by atoms with van der Waals surface area (Å²) in [6.45, 7) is 3.64. The Morgan fingerprint density at radius 1 is 0.952 bits per heavy atom. The Morgan fingerprint density at radius 3 is 2.24 bits per heavy atom. The van der Waals surface area contributed by atoms with E-state index >= 15 is 0 Å². The van der Waals surface area contributed by atoms with E-state index in [-0.39, 0.29) is 6.04 Å². The van der Waals surface area contributed by atoms with Crippen LogP contribution in [0.2, 0.25) is 0 Å². The molecule has 0 fully saturated rings. The molecule has 0 heterocycles. The summed E-state index contributed by atoms with van der Waals surface area (Å²) in [5.74, 6) is 0.886. The Hall–Kier alpha value is -1.84. The van der Waals surface area contributed by atoms with Crippen molar-refractivity contribution in [3.63, 3.8) is 0 Å². The predicted molar refractivity (Wildman–Crippen MR) is 85.4 cm³/mol. The molecular formula is C18H23NO2. The van der Waals surface area contributed by atoms with Gasteiger partial charge in [0.15, 0.2) is 0 Å². The average molecular weight is 285 g/mol. The molecule has 0 amide bonds. The number of hydrogen-bond acceptors (Lipinski definition) is 3. The lowest BCUT2D eigenvalue weighted by molar-refractivity contribution is 0.184. The molecule has 1 unspecified atom stereocenters. The van der Waals surface area contributed by atoms with Crippen molar-refractivity contribution < 1.29 is 9.47 Å². The molecule has 0 saturated heterocycles. The van der Waals surface area contributed by atoms with Crippen LogP contribution in [-0.2, 0) is 17.9 Å². The zero-order valence-corrected chi connectivity index (χ0v) is 12.9. The van der Waals surface area contributed by atoms with E-state index in [9.17, 15) is 0 Å². The first-order valence-corrected chi connectivity index (χ1v) is 7.17. The summed E-state index contributed by atoms with van der Waals surface area (Å²) in [6, 6.07) is 16.8. The van der Waals surface area contributed by atoms with Gasteiger partial charge in [-0.15, -0.1) is 0 Å². The molecular weight excluding hydrogens is 262 g/mol. The molecule has 3 nitrogen and oxygen atoms in total. The second-order valence-corrected chi connectivity index (χ2v) is 5.08. The van der Waals surface area contributed by atoms with Crippen molar-refractivity contribution in [2.24, 2.45) is 0 Å². The third kappa shape index (κ3) is 4.31. The minimum absolute atomic E-state index is 0.284. The van der Waals surface area contributed by atoms with E-state index in [0.717, 1.165) is 12.3 Å². The number of nitrogens with one attached hydrogen (secondary N) is 1. The first kappa shape index (κ1) is 15.5. The van der Waals surface area contributed by atoms with Crippen molar-refractivity contribution in [2.75, 3.05) is 14.2 Å². The van der Waals surface area contributed by atoms with Crippen LogP contribution in [0.5, 0.6) is 5.75 Å². The van der Waals surface area contributed by atoms with Gasteiger partial charge >= 0.3 is 0 Å². The highest BCUT2D eigenvalue weighted by Crippen LogP contribution is 2.18. The second-order valence-electron chi connectivity index (χ2n) is 5.08. The summed E-state index contributed by atoms with van der Waals surface area (Å²) in [7, 11) is 3.41. The van der Waals surface area contributed by atoms with Crippen molar-refractivity contribution in [1.82, 2.24) is 5.32 Å². The van der Waals surface area contributed by atoms with Crippen molar-refractivity contribution in [3.05, 3.63) is 65.2 Å². The quantitative estimate of drug-likeness (QED) is 0.841. The molecule has 0 aliphatic rings. The van der Waals surface area contributed by atoms with Gasteiger partial charge in [-0.05, 0) is 35.7 Å². The molecule has 0 bridgehead atoms. The summed E-state index contributed by atoms with van der Waals surface area (Å²) >= 11 is 0. The van der Waals surface area contributed by atoms with E-state index in [2.05, 4.69) is 42.6 Å². The van der Waals surface area contributed by atoms with Crippen LogP contribution in [0.3, 0.4) is 0 Å². The van der Waals surface area contributed by atoms with Crippen molar-refractivity contribution >= 4 is 0 Å². The minimum atomic E-state index is 0.284. The lowest BCUT2D eigenvalue weighted by Gasteiger charge is -2.16. The van der Waals surface area contributed by atoms with E-state index in [1.165, 1.54) is 16.7 Å². The smallest absolute Gasteiger partial charge is 0.118 e. The van der Waals surface area contributed by atoms with Gasteiger partial charge in [0.25, 0.3) is 0 Å². The molecule has 1 atom stereocenters. The summed E-state index contributed by atoms with van der Waals surface area (Å²) in [6.07, 6.45) is 0. The Morgan fingerprint density at radius 2 is 1.62 bits per heavy atom. The topological polar surface area (TPSA) is 30.5 Å². The van der Waals surface area contributed by atoms with Gasteiger partial charge in [-0.2, -0.15) is 0 Å². The molecule has 0 spiro atoms. The van der Waals surface area contributed by atoms with Gasteiger partial charge in [0.1, 0.15) is 5.75 Å². The van der Waals surface area contributed by atoms with Crippen LogP contribution in [-0.4, -0.2) is 14.2 Å². The standard InChI is InChI=1S/C18H23NO2/c1-14(15-8-10-18(21-3)11-9-15)19-12-16-6-4-5-7-17(16)13-20-2/h4-11,14,19H,12-13H2,1-3H3. The fourth-order valence-electron chi connectivity index (χ4n) is 2.30. The molecule has 0 aliphatic heterocycles. The van der Waals surface area contributed by atoms with Crippen molar-refractivity contribution in [1.29, 1.82) is 0 Å². The molecule has 3 heteroatoms. The monoisotopic (exact) mass is 285 g/mol. The molecule has 2 aromatic rings. The first-order chi connectivity index (χ1) is 10.2. The summed E-state index contributed by atoms with van der Waals surface area (Å²) in [5.41, 5.74) is 3.76. The van der Waals surface area contributed by atoms with Crippen LogP contribution in [0.1, 0.15) is 29.7 Å². The normalized spacial score (nSPS) is 12.1. The third-order valence-electron chi connectivity index (χ3n) is 3.63. The fourth-order valence-corrected chi connectivity index (χ4v) is 2.30. The highest BCUT2D eigenvalue weighted by Gasteiger charge is 2.07. The molecule has 0 radical (unpaired) electrons. The number of benzene rings is 2. The molecule has 21 heavy (non-hydrogen) atoms. The van der Waals surface area contributed by atoms with Gasteiger partial charge in [0, 0.05) is 19.7 Å². The Bertz CT molecular complexity index is 551. The Labute approximate surface area is 126 Å². The molecule has 1 N–H and O–H groups in total. The van der Waals surface area contributed by atoms with Crippen LogP contribution in [0.25, 0.3) is 0 Å². The molecule has 0 aliphatic carbocycles. The van der Waals surface area contributed by atoms with E-state index in [1.807, 2.05) is 18.2 Å². The number of hydrogen-bond donors (Lipinski definition) is 1. The van der Waals surface area contributed by atoms with Crippen molar-refractivity contribution in [3.8, 4) is 5.75 Å². The largest absolute Gasteiger partial charge is 0.497 e. The predicted octanol–water partition coefficient (Wildman–Crippen LogP) is 3.69. The first-order valence-electron chi connectivity index (χ1n) is 7.17. The number of rotatable bonds is 7. The van der Waals surface area contributed by atoms with E-state index in [4.69, 9.17) is 9.47 Å². The van der Waals surface area contributed by atoms with E-state index < -0.39 is 0 Å². The number of methoxy groups -OCH3 is 2. The maximum absolute atomic E-state index is 5.24. The molecule has 112 valence electrons. The van der Waals surface area contributed by atoms with E-state index in [0.29, 0.717) is 6.61 Å². The van der Waals surface area contributed by atoms with E-state index in [1.54, 1.807) is 14.2 Å². The second kappa shape index (κ2) is 7.81. The van der Waals surface area contributed by atoms with Crippen LogP contribution < -0.4 is 10.1 Å². The minimum Gasteiger partial charge on any atom is -0.497 e. The highest BCUT2D eigenvalue weighted by atomic mass is 16.5. The lowest BCUT2D eigenvalue weighted by atomic mass is 10.1. The summed E-state index contributed by atoms with van der Waals surface area (Å²) in [4.78, 5) is 0. The number of ether oxygens (including phenoxy) is 2. The maximum atomic E-state index is 5.24. The maximum Gasteiger partial charge on any atom is 0.118 e. The molecule has 2 aromatic carbocycles. The Kier molecular flexibility index (Phi) is 5.78. The van der Waals surface area contributed by atoms with Gasteiger partial charge in [0.05, 0.1) is 13.7 Å². The lowest BCUT2D eigenvalue weighted by Crippen LogP contribution is -2.19. The van der Waals surface area contributed by atoms with Crippen LogP contribution in [0.15, 0.2) is 48.5 Å². The van der Waals surface area contributed by atoms with Crippen molar-refractivity contribution in [2.45, 2.75) is 26.1 Å². The molecule has 0 aromatic heterocycles. The van der Waals surface area contributed by atoms with Crippen LogP contribution in [0, 0.1) is 0 Å².